The minimum Gasteiger partial charge on any atom is -0.508 e. The van der Waals surface area contributed by atoms with Crippen LogP contribution < -0.4 is 11.5 Å². The van der Waals surface area contributed by atoms with Crippen LogP contribution in [0.1, 0.15) is 21.5 Å². The van der Waals surface area contributed by atoms with Crippen LogP contribution in [0.25, 0.3) is 0 Å². The smallest absolute Gasteiger partial charge is 0.320 e. The fraction of sp³-hybridized carbons (Fsp3) is 0.222. The van der Waals surface area contributed by atoms with Crippen LogP contribution in [0.5, 0.6) is 5.75 Å². The number of hydrogen-bond donors (Lipinski definition) is 4. The van der Waals surface area contributed by atoms with E-state index in [0.717, 1.165) is 5.56 Å². The van der Waals surface area contributed by atoms with E-state index in [1.807, 2.05) is 0 Å². The molecule has 6 heteroatoms. The molecule has 6 N–H and O–H groups in total. The monoisotopic (exact) mass is 328 g/mol. The number of phenolic OH excluding ortho intramolecular Hbond substituents is 1. The van der Waals surface area contributed by atoms with Gasteiger partial charge in [-0.1, -0.05) is 36.4 Å². The van der Waals surface area contributed by atoms with E-state index in [0.29, 0.717) is 17.5 Å². The summed E-state index contributed by atoms with van der Waals surface area (Å²) in [6.07, 6.45) is 0.377. The minimum atomic E-state index is -1.12. The second-order valence-corrected chi connectivity index (χ2v) is 5.65. The highest BCUT2D eigenvalue weighted by Gasteiger charge is 2.21. The molecule has 0 fully saturated rings. The first-order valence-electron chi connectivity index (χ1n) is 7.52. The number of Topliss-reactive ketones (excluding diaryl/α,β-unsaturated/α-hetero) is 1. The summed E-state index contributed by atoms with van der Waals surface area (Å²) in [5.74, 6) is -1.24. The highest BCUT2D eigenvalue weighted by molar-refractivity contribution is 6.01. The zero-order valence-corrected chi connectivity index (χ0v) is 13.1. The maximum atomic E-state index is 12.6. The van der Waals surface area contributed by atoms with Crippen LogP contribution in [0.15, 0.2) is 48.5 Å². The lowest BCUT2D eigenvalue weighted by Gasteiger charge is -2.15. The molecule has 0 spiro atoms. The molecule has 6 nitrogen and oxygen atoms in total. The van der Waals surface area contributed by atoms with Gasteiger partial charge in [0, 0.05) is 5.56 Å². The number of aromatic hydroxyl groups is 1. The molecule has 2 atom stereocenters. The van der Waals surface area contributed by atoms with Gasteiger partial charge in [0.25, 0.3) is 0 Å². The molecule has 0 saturated heterocycles. The Kier molecular flexibility index (Phi) is 5.68. The second kappa shape index (κ2) is 7.72. The quantitative estimate of drug-likeness (QED) is 0.564. The number of carboxylic acids is 1. The maximum Gasteiger partial charge on any atom is 0.320 e. The summed E-state index contributed by atoms with van der Waals surface area (Å²) in [5.41, 5.74) is 13.4. The number of ketones is 1. The highest BCUT2D eigenvalue weighted by Crippen LogP contribution is 2.16. The van der Waals surface area contributed by atoms with Gasteiger partial charge >= 0.3 is 5.97 Å². The van der Waals surface area contributed by atoms with Gasteiger partial charge in [-0.2, -0.15) is 0 Å². The van der Waals surface area contributed by atoms with Gasteiger partial charge in [-0.3, -0.25) is 9.59 Å². The molecule has 126 valence electrons. The van der Waals surface area contributed by atoms with Gasteiger partial charge in [0.1, 0.15) is 11.8 Å². The van der Waals surface area contributed by atoms with Crippen LogP contribution >= 0.6 is 0 Å². The van der Waals surface area contributed by atoms with Crippen LogP contribution in [0.4, 0.5) is 0 Å². The predicted molar refractivity (Wildman–Crippen MR) is 89.9 cm³/mol. The Labute approximate surface area is 139 Å². The third-order valence-corrected chi connectivity index (χ3v) is 3.77. The first kappa shape index (κ1) is 17.7. The molecule has 2 aromatic rings. The number of carboxylic acid groups (broad SMARTS) is 1. The number of phenols is 1. The van der Waals surface area contributed by atoms with Crippen LogP contribution in [0.2, 0.25) is 0 Å². The van der Waals surface area contributed by atoms with Crippen molar-refractivity contribution in [2.24, 2.45) is 11.5 Å². The third-order valence-electron chi connectivity index (χ3n) is 3.77. The molecular weight excluding hydrogens is 308 g/mol. The molecule has 2 unspecified atom stereocenters. The molecule has 2 aromatic carbocycles. The average Bonchev–Trinajstić information content (AvgIpc) is 2.56. The van der Waals surface area contributed by atoms with Crippen molar-refractivity contribution in [3.05, 3.63) is 65.2 Å². The maximum absolute atomic E-state index is 12.6. The lowest BCUT2D eigenvalue weighted by molar-refractivity contribution is -0.138. The summed E-state index contributed by atoms with van der Waals surface area (Å²) in [7, 11) is 0. The van der Waals surface area contributed by atoms with Gasteiger partial charge in [-0.05, 0) is 36.1 Å². The Morgan fingerprint density at radius 3 is 2.17 bits per heavy atom. The number of carbonyl (C=O) groups is 2. The van der Waals surface area contributed by atoms with Gasteiger partial charge in [0.15, 0.2) is 5.78 Å². The van der Waals surface area contributed by atoms with E-state index in [4.69, 9.17) is 16.6 Å². The fourth-order valence-electron chi connectivity index (χ4n) is 2.44. The van der Waals surface area contributed by atoms with E-state index in [9.17, 15) is 14.7 Å². The number of carbonyl (C=O) groups excluding carboxylic acids is 1. The van der Waals surface area contributed by atoms with E-state index in [1.165, 1.54) is 12.1 Å². The van der Waals surface area contributed by atoms with Crippen molar-refractivity contribution in [1.82, 2.24) is 0 Å². The highest BCUT2D eigenvalue weighted by atomic mass is 16.4. The van der Waals surface area contributed by atoms with Crippen molar-refractivity contribution in [3.8, 4) is 5.75 Å². The summed E-state index contributed by atoms with van der Waals surface area (Å²) < 4.78 is 0. The van der Waals surface area contributed by atoms with Gasteiger partial charge in [0.2, 0.25) is 0 Å². The lowest BCUT2D eigenvalue weighted by Crippen LogP contribution is -2.35. The molecule has 0 amide bonds. The molecule has 0 aliphatic rings. The van der Waals surface area contributed by atoms with E-state index < -0.39 is 18.1 Å². The Morgan fingerprint density at radius 2 is 1.54 bits per heavy atom. The molecule has 2 rings (SSSR count). The summed E-state index contributed by atoms with van der Waals surface area (Å²) >= 11 is 0. The number of aliphatic carboxylic acids is 1. The molecule has 0 bridgehead atoms. The molecule has 0 aromatic heterocycles. The van der Waals surface area contributed by atoms with Crippen molar-refractivity contribution in [2.75, 3.05) is 0 Å². The Balaban J connectivity index is 2.16. The second-order valence-electron chi connectivity index (χ2n) is 5.65. The topological polar surface area (TPSA) is 127 Å². The SMILES string of the molecule is NC(Cc1ccccc1C(=O)C(N)Cc1ccc(O)cc1)C(=O)O. The Hall–Kier alpha value is -2.70. The van der Waals surface area contributed by atoms with Gasteiger partial charge < -0.3 is 21.7 Å². The normalized spacial score (nSPS) is 13.2. The van der Waals surface area contributed by atoms with Crippen molar-refractivity contribution >= 4 is 11.8 Å². The third kappa shape index (κ3) is 4.41. The first-order chi connectivity index (χ1) is 11.4. The zero-order chi connectivity index (χ0) is 17.7. The fourth-order valence-corrected chi connectivity index (χ4v) is 2.44. The molecule has 0 saturated carbocycles. The molecule has 0 aliphatic carbocycles. The van der Waals surface area contributed by atoms with Gasteiger partial charge in [-0.15, -0.1) is 0 Å². The largest absolute Gasteiger partial charge is 0.508 e. The molecule has 0 radical (unpaired) electrons. The number of rotatable bonds is 7. The average molecular weight is 328 g/mol. The van der Waals surface area contributed by atoms with Crippen LogP contribution in [0, 0.1) is 0 Å². The molecule has 24 heavy (non-hydrogen) atoms. The van der Waals surface area contributed by atoms with Crippen molar-refractivity contribution < 1.29 is 19.8 Å². The number of hydrogen-bond acceptors (Lipinski definition) is 5. The lowest BCUT2D eigenvalue weighted by atomic mass is 9.92. The zero-order valence-electron chi connectivity index (χ0n) is 13.1. The summed E-state index contributed by atoms with van der Waals surface area (Å²) in [5, 5.41) is 18.2. The van der Waals surface area contributed by atoms with Crippen LogP contribution in [-0.4, -0.2) is 34.0 Å². The van der Waals surface area contributed by atoms with E-state index in [2.05, 4.69) is 0 Å². The van der Waals surface area contributed by atoms with Gasteiger partial charge in [0.05, 0.1) is 6.04 Å². The van der Waals surface area contributed by atoms with Crippen LogP contribution in [-0.2, 0) is 17.6 Å². The van der Waals surface area contributed by atoms with Crippen LogP contribution in [0.3, 0.4) is 0 Å². The molecule has 0 aliphatic heterocycles. The predicted octanol–water partition coefficient (Wildman–Crippen LogP) is 1.10. The van der Waals surface area contributed by atoms with E-state index in [-0.39, 0.29) is 18.0 Å². The first-order valence-corrected chi connectivity index (χ1v) is 7.52. The molecular formula is C18H20N2O4. The van der Waals surface area contributed by atoms with E-state index in [1.54, 1.807) is 36.4 Å². The van der Waals surface area contributed by atoms with Crippen molar-refractivity contribution in [3.63, 3.8) is 0 Å². The Bertz CT molecular complexity index is 728. The van der Waals surface area contributed by atoms with E-state index >= 15 is 0 Å². The van der Waals surface area contributed by atoms with Crippen molar-refractivity contribution in [2.45, 2.75) is 24.9 Å². The Morgan fingerprint density at radius 1 is 0.917 bits per heavy atom. The van der Waals surface area contributed by atoms with Crippen molar-refractivity contribution in [1.29, 1.82) is 0 Å². The minimum absolute atomic E-state index is 0.0587. The number of benzene rings is 2. The summed E-state index contributed by atoms with van der Waals surface area (Å²) in [4.78, 5) is 23.6. The molecule has 0 heterocycles. The standard InChI is InChI=1S/C18H20N2O4/c19-15(9-11-5-7-13(21)8-6-11)17(22)14-4-2-1-3-12(14)10-16(20)18(23)24/h1-8,15-16,21H,9-10,19-20H2,(H,23,24). The summed E-state index contributed by atoms with van der Waals surface area (Å²) in [6.45, 7) is 0. The van der Waals surface area contributed by atoms with Gasteiger partial charge in [-0.25, -0.2) is 0 Å². The summed E-state index contributed by atoms with van der Waals surface area (Å²) in [6, 6.07) is 11.4. The number of nitrogens with two attached hydrogens (primary N) is 2.